The number of nitrogens with two attached hydrogens (primary N) is 1. The van der Waals surface area contributed by atoms with Crippen LogP contribution in [0, 0.1) is 0 Å². The highest BCUT2D eigenvalue weighted by molar-refractivity contribution is 4.96. The topological polar surface area (TPSA) is 43.8 Å². The molecule has 3 heteroatoms. The summed E-state index contributed by atoms with van der Waals surface area (Å²) in [5.41, 5.74) is 5.65. The fourth-order valence-electron chi connectivity index (χ4n) is 0.987. The van der Waals surface area contributed by atoms with Gasteiger partial charge in [-0.05, 0) is 13.8 Å². The summed E-state index contributed by atoms with van der Waals surface area (Å²) < 4.78 is 2.05. The Bertz CT molecular complexity index is 202. The molecule has 1 heterocycles. The van der Waals surface area contributed by atoms with E-state index in [9.17, 15) is 0 Å². The second kappa shape index (κ2) is 2.84. The maximum Gasteiger partial charge on any atom is 0.125 e. The van der Waals surface area contributed by atoms with E-state index in [1.165, 1.54) is 0 Å². The quantitative estimate of drug-likeness (QED) is 0.662. The Morgan fingerprint density at radius 1 is 1.80 bits per heavy atom. The van der Waals surface area contributed by atoms with Gasteiger partial charge in [-0.1, -0.05) is 0 Å². The van der Waals surface area contributed by atoms with E-state index in [0.717, 1.165) is 12.4 Å². The van der Waals surface area contributed by atoms with Gasteiger partial charge < -0.3 is 10.3 Å². The molecular formula is C7H13N3. The number of aromatic nitrogens is 2. The minimum absolute atomic E-state index is 0.0370. The lowest BCUT2D eigenvalue weighted by Gasteiger charge is -2.06. The van der Waals surface area contributed by atoms with Gasteiger partial charge in [0.2, 0.25) is 0 Å². The summed E-state index contributed by atoms with van der Waals surface area (Å²) in [6.45, 7) is 4.96. The third-order valence-electron chi connectivity index (χ3n) is 1.50. The van der Waals surface area contributed by atoms with E-state index in [1.54, 1.807) is 6.20 Å². The van der Waals surface area contributed by atoms with Gasteiger partial charge in [0.05, 0.1) is 6.04 Å². The minimum Gasteiger partial charge on any atom is -0.334 e. The molecule has 0 fully saturated rings. The van der Waals surface area contributed by atoms with Gasteiger partial charge in [0.25, 0.3) is 0 Å². The molecule has 0 unspecified atom stereocenters. The molecule has 1 rings (SSSR count). The third-order valence-corrected chi connectivity index (χ3v) is 1.50. The number of hydrogen-bond acceptors (Lipinski definition) is 2. The SMILES string of the molecule is CCn1ccnc1[C@@H](C)N. The zero-order chi connectivity index (χ0) is 7.56. The molecule has 1 aromatic rings. The lowest BCUT2D eigenvalue weighted by Crippen LogP contribution is -2.12. The standard InChI is InChI=1S/C7H13N3/c1-3-10-5-4-9-7(10)6(2)8/h4-6H,3,8H2,1-2H3/t6-/m1/s1. The fraction of sp³-hybridized carbons (Fsp3) is 0.571. The van der Waals surface area contributed by atoms with Gasteiger partial charge in [-0.2, -0.15) is 0 Å². The van der Waals surface area contributed by atoms with Gasteiger partial charge in [-0.15, -0.1) is 0 Å². The van der Waals surface area contributed by atoms with Crippen LogP contribution in [0.15, 0.2) is 12.4 Å². The molecule has 1 aromatic heterocycles. The van der Waals surface area contributed by atoms with Gasteiger partial charge in [0.1, 0.15) is 5.82 Å². The Morgan fingerprint density at radius 3 is 2.90 bits per heavy atom. The summed E-state index contributed by atoms with van der Waals surface area (Å²) in [6.07, 6.45) is 3.72. The molecule has 0 spiro atoms. The molecule has 3 nitrogen and oxygen atoms in total. The average molecular weight is 139 g/mol. The molecule has 0 amide bonds. The number of hydrogen-bond donors (Lipinski definition) is 1. The van der Waals surface area contributed by atoms with Crippen LogP contribution in [0.4, 0.5) is 0 Å². The number of rotatable bonds is 2. The van der Waals surface area contributed by atoms with Crippen LogP contribution in [0.2, 0.25) is 0 Å². The average Bonchev–Trinajstić information content (AvgIpc) is 2.33. The van der Waals surface area contributed by atoms with E-state index >= 15 is 0 Å². The van der Waals surface area contributed by atoms with E-state index < -0.39 is 0 Å². The van der Waals surface area contributed by atoms with E-state index in [2.05, 4.69) is 11.9 Å². The first-order valence-electron chi connectivity index (χ1n) is 3.52. The van der Waals surface area contributed by atoms with Crippen LogP contribution < -0.4 is 5.73 Å². The summed E-state index contributed by atoms with van der Waals surface area (Å²) in [4.78, 5) is 4.12. The predicted molar refractivity (Wildman–Crippen MR) is 40.5 cm³/mol. The van der Waals surface area contributed by atoms with Crippen molar-refractivity contribution in [2.75, 3.05) is 0 Å². The van der Waals surface area contributed by atoms with Crippen molar-refractivity contribution in [3.8, 4) is 0 Å². The Morgan fingerprint density at radius 2 is 2.50 bits per heavy atom. The van der Waals surface area contributed by atoms with Crippen molar-refractivity contribution in [2.45, 2.75) is 26.4 Å². The minimum atomic E-state index is 0.0370. The maximum absolute atomic E-state index is 5.65. The molecule has 0 saturated heterocycles. The van der Waals surface area contributed by atoms with Gasteiger partial charge in [0, 0.05) is 18.9 Å². The lowest BCUT2D eigenvalue weighted by atomic mass is 10.3. The van der Waals surface area contributed by atoms with E-state index in [1.807, 2.05) is 17.7 Å². The molecule has 0 radical (unpaired) electrons. The maximum atomic E-state index is 5.65. The predicted octanol–water partition coefficient (Wildman–Crippen LogP) is 0.923. The molecule has 0 saturated carbocycles. The van der Waals surface area contributed by atoms with Crippen LogP contribution in [0.25, 0.3) is 0 Å². The molecule has 0 aromatic carbocycles. The van der Waals surface area contributed by atoms with Crippen molar-refractivity contribution in [1.29, 1.82) is 0 Å². The van der Waals surface area contributed by atoms with Gasteiger partial charge in [0.15, 0.2) is 0 Å². The highest BCUT2D eigenvalue weighted by Crippen LogP contribution is 2.05. The zero-order valence-electron chi connectivity index (χ0n) is 6.41. The first-order valence-corrected chi connectivity index (χ1v) is 3.52. The normalized spacial score (nSPS) is 13.5. The number of imidazole rings is 1. The van der Waals surface area contributed by atoms with Crippen molar-refractivity contribution >= 4 is 0 Å². The monoisotopic (exact) mass is 139 g/mol. The summed E-state index contributed by atoms with van der Waals surface area (Å²) in [5, 5.41) is 0. The van der Waals surface area contributed by atoms with Crippen LogP contribution in [0.3, 0.4) is 0 Å². The van der Waals surface area contributed by atoms with Crippen molar-refractivity contribution in [3.63, 3.8) is 0 Å². The summed E-state index contributed by atoms with van der Waals surface area (Å²) >= 11 is 0. The van der Waals surface area contributed by atoms with Crippen LogP contribution >= 0.6 is 0 Å². The number of nitrogens with zero attached hydrogens (tertiary/aromatic N) is 2. The highest BCUT2D eigenvalue weighted by atomic mass is 15.1. The fourth-order valence-corrected chi connectivity index (χ4v) is 0.987. The largest absolute Gasteiger partial charge is 0.334 e. The smallest absolute Gasteiger partial charge is 0.125 e. The van der Waals surface area contributed by atoms with E-state index in [0.29, 0.717) is 0 Å². The first kappa shape index (κ1) is 7.28. The molecule has 1 atom stereocenters. The van der Waals surface area contributed by atoms with Gasteiger partial charge >= 0.3 is 0 Å². The second-order valence-electron chi connectivity index (χ2n) is 2.36. The second-order valence-corrected chi connectivity index (χ2v) is 2.36. The Hall–Kier alpha value is -0.830. The Labute approximate surface area is 60.9 Å². The van der Waals surface area contributed by atoms with Crippen molar-refractivity contribution in [3.05, 3.63) is 18.2 Å². The molecule has 0 aliphatic heterocycles. The van der Waals surface area contributed by atoms with Crippen LogP contribution in [-0.2, 0) is 6.54 Å². The van der Waals surface area contributed by atoms with Crippen LogP contribution in [-0.4, -0.2) is 9.55 Å². The Kier molecular flexibility index (Phi) is 2.06. The highest BCUT2D eigenvalue weighted by Gasteiger charge is 2.04. The van der Waals surface area contributed by atoms with Crippen molar-refractivity contribution < 1.29 is 0 Å². The van der Waals surface area contributed by atoms with Gasteiger partial charge in [-0.3, -0.25) is 0 Å². The van der Waals surface area contributed by atoms with E-state index in [-0.39, 0.29) is 6.04 Å². The molecule has 56 valence electrons. The number of aryl methyl sites for hydroxylation is 1. The summed E-state index contributed by atoms with van der Waals surface area (Å²) in [7, 11) is 0. The molecule has 2 N–H and O–H groups in total. The van der Waals surface area contributed by atoms with Crippen LogP contribution in [0.1, 0.15) is 25.7 Å². The van der Waals surface area contributed by atoms with Crippen molar-refractivity contribution in [1.82, 2.24) is 9.55 Å². The zero-order valence-corrected chi connectivity index (χ0v) is 6.41. The Balaban J connectivity index is 2.90. The van der Waals surface area contributed by atoms with E-state index in [4.69, 9.17) is 5.73 Å². The van der Waals surface area contributed by atoms with Crippen molar-refractivity contribution in [2.24, 2.45) is 5.73 Å². The first-order chi connectivity index (χ1) is 4.75. The van der Waals surface area contributed by atoms with Crippen LogP contribution in [0.5, 0.6) is 0 Å². The summed E-state index contributed by atoms with van der Waals surface area (Å²) in [6, 6.07) is 0.0370. The molecule has 10 heavy (non-hydrogen) atoms. The molecular weight excluding hydrogens is 126 g/mol. The molecule has 0 aliphatic carbocycles. The molecule has 0 aliphatic rings. The third kappa shape index (κ3) is 1.19. The van der Waals surface area contributed by atoms with Gasteiger partial charge in [-0.25, -0.2) is 4.98 Å². The summed E-state index contributed by atoms with van der Waals surface area (Å²) in [5.74, 6) is 0.961. The molecule has 0 bridgehead atoms. The lowest BCUT2D eigenvalue weighted by molar-refractivity contribution is 0.637.